The molecule has 0 bridgehead atoms. The minimum atomic E-state index is -0.594. The number of hydrogen-bond donors (Lipinski definition) is 0. The van der Waals surface area contributed by atoms with Gasteiger partial charge in [0.15, 0.2) is 0 Å². The molecule has 0 N–H and O–H groups in total. The van der Waals surface area contributed by atoms with E-state index in [0.29, 0.717) is 51.0 Å². The fraction of sp³-hybridized carbons (Fsp3) is 0.108. The standard InChI is InChI=1S/C74H59N4O2.Pt/c1-73(2,3)54-43-53(44-55(45-54)74(4,5)6)63-35-22-34-62(52-27-14-9-15-28-52)72(63)80-59-41-42-75-70(48-59)78-66-36-17-16-31-64(66)65-40-39-58(47-69(65)78)79-57-30-20-29-56(46-57)76-49-77(68-38-19-18-37-67(68)76)71-60(50-23-10-7-11-24-50)32-21-33-61(71)51-25-12-8-13-26-51;/h7-45,48-49H,1-6H3;/q-3;/i7D,8D,9D,10D,11D,12D,13D,14D,15D,23D,24D,25D,26D,27D,28D;. The second kappa shape index (κ2) is 21.6. The number of anilines is 4. The van der Waals surface area contributed by atoms with Crippen molar-refractivity contribution in [1.29, 1.82) is 0 Å². The first-order valence-electron chi connectivity index (χ1n) is 33.6. The van der Waals surface area contributed by atoms with Gasteiger partial charge in [0.2, 0.25) is 0 Å². The Bertz CT molecular complexity index is 4990. The molecule has 6 nitrogen and oxygen atoms in total. The molecular weight excluding hydrogens is 1170 g/mol. The summed E-state index contributed by atoms with van der Waals surface area (Å²) >= 11 is 0. The number of rotatable bonds is 11. The summed E-state index contributed by atoms with van der Waals surface area (Å²) in [5.74, 6) is 1.66. The van der Waals surface area contributed by atoms with E-state index in [9.17, 15) is 0 Å². The SMILES string of the molecule is [2H]c1c([2H])c([2H])c(-c2cccc(-c3cc(C(C)(C)C)cc(C(C)(C)C)c3)c2Oc2ccnc(-n3c4[c-]c(Oc5[c-]c(N6[CH-]N(c7c(-c8c([2H])c([2H])c([2H])c([2H])c8[2H])cccc7-c7c([2H])c([2H])c([2H])c([2H])c7[2H])c7ccccc76)ccc5)ccc4c4ccccc43)c2)c([2H])c1[2H].[Pt]. The summed E-state index contributed by atoms with van der Waals surface area (Å²) in [5, 5.41) is 1.72. The van der Waals surface area contributed by atoms with Crippen LogP contribution >= 0.6 is 0 Å². The second-order valence-corrected chi connectivity index (χ2v) is 21.4. The molecule has 81 heavy (non-hydrogen) atoms. The van der Waals surface area contributed by atoms with Crippen molar-refractivity contribution in [2.45, 2.75) is 52.4 Å². The number of pyridine rings is 1. The molecule has 3 heterocycles. The number of benzene rings is 10. The summed E-state index contributed by atoms with van der Waals surface area (Å²) in [4.78, 5) is 8.44. The molecule has 0 saturated carbocycles. The molecule has 0 atom stereocenters. The Morgan fingerprint density at radius 2 is 1.02 bits per heavy atom. The molecule has 2 aromatic heterocycles. The summed E-state index contributed by atoms with van der Waals surface area (Å²) < 4.78 is 148. The van der Waals surface area contributed by atoms with Gasteiger partial charge in [-0.2, -0.15) is 12.1 Å². The maximum atomic E-state index is 9.15. The van der Waals surface area contributed by atoms with E-state index in [1.807, 2.05) is 76.2 Å². The Labute approximate surface area is 510 Å². The summed E-state index contributed by atoms with van der Waals surface area (Å²) in [6.45, 7) is 14.6. The summed E-state index contributed by atoms with van der Waals surface area (Å²) in [6.07, 6.45) is 1.62. The molecule has 400 valence electrons. The maximum absolute atomic E-state index is 9.15. The third-order valence-electron chi connectivity index (χ3n) is 14.2. The minimum absolute atomic E-state index is 0. The average Bonchev–Trinajstić information content (AvgIpc) is 1.31. The molecule has 13 rings (SSSR count). The minimum Gasteiger partial charge on any atom is -0.509 e. The Hall–Kier alpha value is -8.96. The van der Waals surface area contributed by atoms with Crippen LogP contribution in [-0.4, -0.2) is 9.55 Å². The molecule has 0 amide bonds. The quantitative estimate of drug-likeness (QED) is 0.121. The maximum Gasteiger partial charge on any atom is 0.143 e. The zero-order chi connectivity index (χ0) is 67.6. The predicted octanol–water partition coefficient (Wildman–Crippen LogP) is 20.0. The van der Waals surface area contributed by atoms with Crippen molar-refractivity contribution in [3.63, 3.8) is 0 Å². The van der Waals surface area contributed by atoms with Crippen LogP contribution in [0.5, 0.6) is 23.0 Å². The number of ether oxygens (including phenoxy) is 2. The van der Waals surface area contributed by atoms with Crippen LogP contribution in [0.1, 0.15) is 73.2 Å². The Morgan fingerprint density at radius 1 is 0.481 bits per heavy atom. The van der Waals surface area contributed by atoms with E-state index >= 15 is 0 Å². The van der Waals surface area contributed by atoms with Crippen LogP contribution in [0.3, 0.4) is 0 Å². The Morgan fingerprint density at radius 3 is 1.65 bits per heavy atom. The van der Waals surface area contributed by atoms with Gasteiger partial charge in [0.25, 0.3) is 0 Å². The number of nitrogens with zero attached hydrogens (tertiary/aromatic N) is 4. The molecule has 0 radical (unpaired) electrons. The molecule has 10 aromatic carbocycles. The van der Waals surface area contributed by atoms with Gasteiger partial charge < -0.3 is 23.8 Å². The zero-order valence-electron chi connectivity index (χ0n) is 59.9. The number of hydrogen-bond acceptors (Lipinski definition) is 5. The normalized spacial score (nSPS) is 15.0. The van der Waals surface area contributed by atoms with E-state index in [0.717, 1.165) is 33.0 Å². The molecular formula is C74H59N4O2Pt-3. The van der Waals surface area contributed by atoms with Gasteiger partial charge in [0.1, 0.15) is 17.3 Å². The number of fused-ring (bicyclic) bond motifs is 4. The van der Waals surface area contributed by atoms with Gasteiger partial charge in [-0.3, -0.25) is 0 Å². The largest absolute Gasteiger partial charge is 0.509 e. The summed E-state index contributed by atoms with van der Waals surface area (Å²) in [5.41, 5.74) is 6.54. The second-order valence-electron chi connectivity index (χ2n) is 21.4. The van der Waals surface area contributed by atoms with E-state index in [4.69, 9.17) is 35.0 Å². The average molecular weight is 1250 g/mol. The van der Waals surface area contributed by atoms with Gasteiger partial charge in [-0.15, -0.1) is 48.1 Å². The first kappa shape index (κ1) is 37.8. The first-order valence-corrected chi connectivity index (χ1v) is 26.1. The van der Waals surface area contributed by atoms with Gasteiger partial charge >= 0.3 is 0 Å². The molecule has 0 fully saturated rings. The van der Waals surface area contributed by atoms with Crippen LogP contribution < -0.4 is 19.3 Å². The smallest absolute Gasteiger partial charge is 0.143 e. The predicted molar refractivity (Wildman–Crippen MR) is 330 cm³/mol. The number of para-hydroxylation sites is 5. The van der Waals surface area contributed by atoms with E-state index in [2.05, 4.69) is 71.9 Å². The van der Waals surface area contributed by atoms with Gasteiger partial charge in [0.05, 0.1) is 20.6 Å². The van der Waals surface area contributed by atoms with Gasteiger partial charge in [-0.25, -0.2) is 4.98 Å². The van der Waals surface area contributed by atoms with E-state index in [1.165, 1.54) is 0 Å². The molecule has 7 heteroatoms. The first-order chi connectivity index (χ1) is 45.1. The topological polar surface area (TPSA) is 42.8 Å². The zero-order valence-corrected chi connectivity index (χ0v) is 47.2. The monoisotopic (exact) mass is 1250 g/mol. The van der Waals surface area contributed by atoms with E-state index < -0.39 is 78.6 Å². The van der Waals surface area contributed by atoms with Crippen molar-refractivity contribution in [2.75, 3.05) is 9.80 Å². The molecule has 1 aliphatic rings. The van der Waals surface area contributed by atoms with Crippen molar-refractivity contribution in [2.24, 2.45) is 0 Å². The van der Waals surface area contributed by atoms with Crippen LogP contribution in [0.25, 0.3) is 72.1 Å². The third kappa shape index (κ3) is 10.2. The fourth-order valence-electron chi connectivity index (χ4n) is 10.2. The van der Waals surface area contributed by atoms with Gasteiger partial charge in [0, 0.05) is 89.7 Å². The summed E-state index contributed by atoms with van der Waals surface area (Å²) in [7, 11) is 0. The van der Waals surface area contributed by atoms with E-state index in [-0.39, 0.29) is 89.0 Å². The molecule has 1 aliphatic heterocycles. The van der Waals surface area contributed by atoms with Crippen LogP contribution in [-0.2, 0) is 31.9 Å². The third-order valence-corrected chi connectivity index (χ3v) is 14.2. The van der Waals surface area contributed by atoms with E-state index in [1.54, 1.807) is 78.4 Å². The Balaban J connectivity index is 0.00000881. The fourth-order valence-corrected chi connectivity index (χ4v) is 10.2. The Kier molecular flexibility index (Phi) is 10.1. The van der Waals surface area contributed by atoms with Crippen LogP contribution in [0.2, 0.25) is 0 Å². The van der Waals surface area contributed by atoms with Crippen LogP contribution in [0, 0.1) is 18.8 Å². The summed E-state index contributed by atoms with van der Waals surface area (Å²) in [6, 6.07) is 43.6. The van der Waals surface area contributed by atoms with Crippen molar-refractivity contribution >= 4 is 44.6 Å². The van der Waals surface area contributed by atoms with Crippen LogP contribution in [0.15, 0.2) is 242 Å². The van der Waals surface area contributed by atoms with Gasteiger partial charge in [-0.1, -0.05) is 223 Å². The van der Waals surface area contributed by atoms with Crippen molar-refractivity contribution < 1.29 is 51.1 Å². The van der Waals surface area contributed by atoms with Crippen molar-refractivity contribution in [1.82, 2.24) is 9.55 Å². The molecule has 0 spiro atoms. The van der Waals surface area contributed by atoms with Crippen LogP contribution in [0.4, 0.5) is 22.7 Å². The molecule has 0 saturated heterocycles. The molecule has 12 aromatic rings. The van der Waals surface area contributed by atoms with Gasteiger partial charge in [-0.05, 0) is 73.9 Å². The molecule has 0 aliphatic carbocycles. The van der Waals surface area contributed by atoms with Crippen molar-refractivity contribution in [3.8, 4) is 73.3 Å². The number of aromatic nitrogens is 2. The molecule has 0 unspecified atom stereocenters. The van der Waals surface area contributed by atoms with Crippen molar-refractivity contribution in [3.05, 3.63) is 272 Å².